The summed E-state index contributed by atoms with van der Waals surface area (Å²) in [4.78, 5) is 4.73. The van der Waals surface area contributed by atoms with Crippen molar-refractivity contribution in [2.24, 2.45) is 0 Å². The molecule has 0 bridgehead atoms. The van der Waals surface area contributed by atoms with E-state index in [0.717, 1.165) is 37.6 Å². The molecular weight excluding hydrogens is 338 g/mol. The molecule has 0 spiro atoms. The molecule has 0 atom stereocenters. The lowest BCUT2D eigenvalue weighted by Gasteiger charge is -2.32. The number of halogens is 4. The molecule has 0 aromatic heterocycles. The lowest BCUT2D eigenvalue weighted by atomic mass is 10.2. The van der Waals surface area contributed by atoms with Crippen LogP contribution in [0.2, 0.25) is 0 Å². The van der Waals surface area contributed by atoms with Crippen molar-refractivity contribution in [2.45, 2.75) is 25.7 Å². The van der Waals surface area contributed by atoms with Crippen LogP contribution in [-0.2, 0) is 0 Å². The maximum atomic E-state index is 6.40. The zero-order valence-electron chi connectivity index (χ0n) is 11.1. The molecular formula is C14H16Cl4N2. The second kappa shape index (κ2) is 6.00. The highest BCUT2D eigenvalue weighted by Crippen LogP contribution is 2.47. The third kappa shape index (κ3) is 2.45. The minimum absolute atomic E-state index is 0.365. The molecule has 2 heterocycles. The first kappa shape index (κ1) is 14.9. The summed E-state index contributed by atoms with van der Waals surface area (Å²) in [5, 5.41) is 1.69. The van der Waals surface area contributed by atoms with Crippen LogP contribution in [0.3, 0.4) is 0 Å². The van der Waals surface area contributed by atoms with Crippen LogP contribution in [-0.4, -0.2) is 36.0 Å². The number of nitrogens with zero attached hydrogens (tertiary/aromatic N) is 2. The Morgan fingerprint density at radius 3 is 1.30 bits per heavy atom. The lowest BCUT2D eigenvalue weighted by molar-refractivity contribution is 0.267. The average molecular weight is 354 g/mol. The first-order valence-electron chi connectivity index (χ1n) is 6.97. The fourth-order valence-electron chi connectivity index (χ4n) is 3.08. The zero-order valence-corrected chi connectivity index (χ0v) is 14.1. The second-order valence-electron chi connectivity index (χ2n) is 5.34. The van der Waals surface area contributed by atoms with Gasteiger partial charge in [0, 0.05) is 26.2 Å². The van der Waals surface area contributed by atoms with Crippen LogP contribution in [0.5, 0.6) is 0 Å². The zero-order chi connectivity index (χ0) is 14.3. The Balaban J connectivity index is 2.10. The minimum atomic E-state index is 0.365. The summed E-state index contributed by atoms with van der Waals surface area (Å²) < 4.78 is 0. The lowest BCUT2D eigenvalue weighted by Crippen LogP contribution is -2.33. The van der Waals surface area contributed by atoms with Crippen LogP contribution >= 0.6 is 46.4 Å². The SMILES string of the molecule is ClC1=C(Cl)C(=C(N2CCCC2)N2CCCC2)C(Cl)=C1Cl. The van der Waals surface area contributed by atoms with E-state index in [2.05, 4.69) is 9.80 Å². The van der Waals surface area contributed by atoms with E-state index in [-0.39, 0.29) is 0 Å². The highest BCUT2D eigenvalue weighted by atomic mass is 35.5. The second-order valence-corrected chi connectivity index (χ2v) is 6.85. The van der Waals surface area contributed by atoms with E-state index in [0.29, 0.717) is 20.1 Å². The number of hydrogen-bond acceptors (Lipinski definition) is 2. The third-order valence-corrected chi connectivity index (χ3v) is 5.85. The van der Waals surface area contributed by atoms with Crippen LogP contribution < -0.4 is 0 Å². The van der Waals surface area contributed by atoms with Crippen molar-refractivity contribution in [3.63, 3.8) is 0 Å². The highest BCUT2D eigenvalue weighted by molar-refractivity contribution is 6.55. The molecule has 0 radical (unpaired) electrons. The molecule has 20 heavy (non-hydrogen) atoms. The molecule has 0 unspecified atom stereocenters. The van der Waals surface area contributed by atoms with Gasteiger partial charge in [-0.1, -0.05) is 46.4 Å². The summed E-state index contributed by atoms with van der Waals surface area (Å²) >= 11 is 25.1. The first-order valence-corrected chi connectivity index (χ1v) is 8.48. The summed E-state index contributed by atoms with van der Waals surface area (Å²) in [6.07, 6.45) is 4.81. The molecule has 1 aliphatic carbocycles. The van der Waals surface area contributed by atoms with Crippen molar-refractivity contribution in [1.29, 1.82) is 0 Å². The summed E-state index contributed by atoms with van der Waals surface area (Å²) in [5.41, 5.74) is 0.812. The van der Waals surface area contributed by atoms with Crippen LogP contribution in [0.15, 0.2) is 31.5 Å². The fraction of sp³-hybridized carbons (Fsp3) is 0.571. The predicted octanol–water partition coefficient (Wildman–Crippen LogP) is 4.78. The van der Waals surface area contributed by atoms with Gasteiger partial charge in [-0.2, -0.15) is 0 Å². The van der Waals surface area contributed by atoms with Gasteiger partial charge in [0.15, 0.2) is 0 Å². The van der Waals surface area contributed by atoms with Gasteiger partial charge >= 0.3 is 0 Å². The molecule has 3 rings (SSSR count). The maximum absolute atomic E-state index is 6.40. The molecule has 0 saturated carbocycles. The van der Waals surface area contributed by atoms with Gasteiger partial charge in [0.25, 0.3) is 0 Å². The van der Waals surface area contributed by atoms with E-state index in [4.69, 9.17) is 46.4 Å². The number of hydrogen-bond donors (Lipinski definition) is 0. The largest absolute Gasteiger partial charge is 0.358 e. The van der Waals surface area contributed by atoms with Crippen LogP contribution in [0.25, 0.3) is 0 Å². The Bertz CT molecular complexity index is 465. The Morgan fingerprint density at radius 1 is 0.600 bits per heavy atom. The average Bonchev–Trinajstić information content (AvgIpc) is 3.16. The normalized spacial score (nSPS) is 23.7. The predicted molar refractivity (Wildman–Crippen MR) is 86.1 cm³/mol. The molecule has 110 valence electrons. The molecule has 2 saturated heterocycles. The van der Waals surface area contributed by atoms with E-state index in [1.54, 1.807) is 0 Å². The minimum Gasteiger partial charge on any atom is -0.358 e. The topological polar surface area (TPSA) is 6.48 Å². The molecule has 2 aliphatic heterocycles. The monoisotopic (exact) mass is 352 g/mol. The van der Waals surface area contributed by atoms with Gasteiger partial charge in [0.1, 0.15) is 5.82 Å². The van der Waals surface area contributed by atoms with E-state index >= 15 is 0 Å². The molecule has 3 aliphatic rings. The van der Waals surface area contributed by atoms with Crippen LogP contribution in [0.1, 0.15) is 25.7 Å². The van der Waals surface area contributed by atoms with Crippen molar-refractivity contribution in [3.05, 3.63) is 31.5 Å². The Kier molecular flexibility index (Phi) is 4.47. The van der Waals surface area contributed by atoms with E-state index in [1.165, 1.54) is 25.7 Å². The number of allylic oxidation sites excluding steroid dienone is 5. The molecule has 6 heteroatoms. The van der Waals surface area contributed by atoms with Crippen LogP contribution in [0, 0.1) is 0 Å². The summed E-state index contributed by atoms with van der Waals surface area (Å²) in [7, 11) is 0. The van der Waals surface area contributed by atoms with Gasteiger partial charge in [-0.05, 0) is 25.7 Å². The highest BCUT2D eigenvalue weighted by Gasteiger charge is 2.34. The Morgan fingerprint density at radius 2 is 0.950 bits per heavy atom. The van der Waals surface area contributed by atoms with Gasteiger partial charge < -0.3 is 9.80 Å². The number of rotatable bonds is 2. The Hall–Kier alpha value is -0.0200. The van der Waals surface area contributed by atoms with Crippen molar-refractivity contribution < 1.29 is 0 Å². The fourth-order valence-corrected chi connectivity index (χ4v) is 4.15. The van der Waals surface area contributed by atoms with Crippen molar-refractivity contribution in [3.8, 4) is 0 Å². The van der Waals surface area contributed by atoms with Crippen molar-refractivity contribution in [2.75, 3.05) is 26.2 Å². The first-order chi connectivity index (χ1) is 9.61. The molecule has 0 aromatic carbocycles. The van der Waals surface area contributed by atoms with Crippen LogP contribution in [0.4, 0.5) is 0 Å². The molecule has 0 N–H and O–H groups in total. The molecule has 2 nitrogen and oxygen atoms in total. The maximum Gasteiger partial charge on any atom is 0.115 e. The quantitative estimate of drug-likeness (QED) is 0.704. The van der Waals surface area contributed by atoms with Crippen molar-refractivity contribution in [1.82, 2.24) is 9.80 Å². The van der Waals surface area contributed by atoms with E-state index in [9.17, 15) is 0 Å². The van der Waals surface area contributed by atoms with Gasteiger partial charge in [0.2, 0.25) is 0 Å². The van der Waals surface area contributed by atoms with Gasteiger partial charge in [-0.3, -0.25) is 0 Å². The molecule has 0 amide bonds. The van der Waals surface area contributed by atoms with Gasteiger partial charge in [-0.25, -0.2) is 0 Å². The Labute approximate surface area is 139 Å². The number of likely N-dealkylation sites (tertiary alicyclic amines) is 2. The standard InChI is InChI=1S/C14H16Cl4N2/c15-10-9(11(16)13(18)12(10)17)14(19-5-1-2-6-19)20-7-3-4-8-20/h1-8H2. The van der Waals surface area contributed by atoms with E-state index in [1.807, 2.05) is 0 Å². The van der Waals surface area contributed by atoms with Crippen molar-refractivity contribution >= 4 is 46.4 Å². The summed E-state index contributed by atoms with van der Waals surface area (Å²) in [5.74, 6) is 1.11. The molecule has 0 aromatic rings. The van der Waals surface area contributed by atoms with E-state index < -0.39 is 0 Å². The molecule has 2 fully saturated rings. The smallest absolute Gasteiger partial charge is 0.115 e. The summed E-state index contributed by atoms with van der Waals surface area (Å²) in [6.45, 7) is 4.16. The van der Waals surface area contributed by atoms with Gasteiger partial charge in [0.05, 0.1) is 25.7 Å². The van der Waals surface area contributed by atoms with Gasteiger partial charge in [-0.15, -0.1) is 0 Å². The summed E-state index contributed by atoms with van der Waals surface area (Å²) in [6, 6.07) is 0. The third-order valence-electron chi connectivity index (χ3n) is 4.05.